The molecule has 5 nitrogen and oxygen atoms in total. The Balaban J connectivity index is 1.94. The van der Waals surface area contributed by atoms with Crippen LogP contribution in [0.2, 0.25) is 0 Å². The summed E-state index contributed by atoms with van der Waals surface area (Å²) < 4.78 is 12.7. The lowest BCUT2D eigenvalue weighted by atomic mass is 10.1. The van der Waals surface area contributed by atoms with Gasteiger partial charge in [0, 0.05) is 0 Å². The van der Waals surface area contributed by atoms with Crippen molar-refractivity contribution in [2.24, 2.45) is 5.73 Å². The van der Waals surface area contributed by atoms with E-state index < -0.39 is 5.91 Å². The number of carbonyl (C=O) groups excluding carboxylic acids is 1. The molecule has 3 rings (SSSR count). The summed E-state index contributed by atoms with van der Waals surface area (Å²) in [5.74, 6) is 0.402. The van der Waals surface area contributed by atoms with Crippen LogP contribution in [0.15, 0.2) is 60.2 Å². The molecule has 0 aliphatic carbocycles. The molecule has 0 unspecified atom stereocenters. The Kier molecular flexibility index (Phi) is 6.73. The number of nitriles is 1. The Morgan fingerprint density at radius 2 is 1.93 bits per heavy atom. The van der Waals surface area contributed by atoms with Gasteiger partial charge in [0.15, 0.2) is 11.5 Å². The minimum Gasteiger partial charge on any atom is -0.490 e. The number of nitrogens with two attached hydrogens (primary N) is 1. The quantitative estimate of drug-likeness (QED) is 0.288. The van der Waals surface area contributed by atoms with E-state index in [0.29, 0.717) is 30.3 Å². The fraction of sp³-hybridized carbons (Fsp3) is 0.130. The first-order valence-electron chi connectivity index (χ1n) is 9.01. The van der Waals surface area contributed by atoms with Gasteiger partial charge in [0.2, 0.25) is 0 Å². The first-order valence-corrected chi connectivity index (χ1v) is 10.1. The maximum atomic E-state index is 11.3. The number of amides is 1. The van der Waals surface area contributed by atoms with Crippen molar-refractivity contribution in [1.29, 1.82) is 5.26 Å². The number of rotatable bonds is 7. The first kappa shape index (κ1) is 20.7. The zero-order valence-corrected chi connectivity index (χ0v) is 18.0. The van der Waals surface area contributed by atoms with Crippen molar-refractivity contribution in [3.05, 3.63) is 74.9 Å². The van der Waals surface area contributed by atoms with E-state index >= 15 is 0 Å². The molecule has 0 aliphatic heterocycles. The van der Waals surface area contributed by atoms with Crippen LogP contribution < -0.4 is 15.2 Å². The zero-order valence-electron chi connectivity index (χ0n) is 15.8. The lowest BCUT2D eigenvalue weighted by Gasteiger charge is -2.15. The van der Waals surface area contributed by atoms with E-state index in [1.165, 1.54) is 6.08 Å². The van der Waals surface area contributed by atoms with Crippen LogP contribution in [-0.4, -0.2) is 12.5 Å². The highest BCUT2D eigenvalue weighted by molar-refractivity contribution is 14.1. The van der Waals surface area contributed by atoms with E-state index in [0.717, 1.165) is 19.9 Å². The molecule has 6 heteroatoms. The SMILES string of the molecule is CCOc1cc(C=C(C#N)C(N)=O)cc(I)c1OCc1cccc2ccccc12. The fourth-order valence-electron chi connectivity index (χ4n) is 2.97. The van der Waals surface area contributed by atoms with Crippen LogP contribution in [0.25, 0.3) is 16.8 Å². The second-order valence-corrected chi connectivity index (χ2v) is 7.39. The lowest BCUT2D eigenvalue weighted by molar-refractivity contribution is -0.114. The minimum absolute atomic E-state index is 0.118. The third-order valence-corrected chi connectivity index (χ3v) is 5.08. The molecule has 2 N–H and O–H groups in total. The van der Waals surface area contributed by atoms with Gasteiger partial charge < -0.3 is 15.2 Å². The molecule has 0 radical (unpaired) electrons. The van der Waals surface area contributed by atoms with Crippen molar-refractivity contribution >= 4 is 45.3 Å². The van der Waals surface area contributed by atoms with E-state index in [1.807, 2.05) is 43.3 Å². The van der Waals surface area contributed by atoms with Gasteiger partial charge in [0.05, 0.1) is 10.2 Å². The van der Waals surface area contributed by atoms with Gasteiger partial charge in [-0.15, -0.1) is 0 Å². The molecule has 0 fully saturated rings. The molecule has 3 aromatic rings. The maximum absolute atomic E-state index is 11.3. The standard InChI is InChI=1S/C23H19IN2O3/c1-2-28-21-12-15(10-18(13-25)23(26)27)11-20(24)22(21)29-14-17-8-5-7-16-6-3-4-9-19(16)17/h3-12H,2,14H2,1H3,(H2,26,27). The average Bonchev–Trinajstić information content (AvgIpc) is 2.71. The van der Waals surface area contributed by atoms with Gasteiger partial charge in [-0.1, -0.05) is 42.5 Å². The number of fused-ring (bicyclic) bond motifs is 1. The van der Waals surface area contributed by atoms with Crippen molar-refractivity contribution < 1.29 is 14.3 Å². The van der Waals surface area contributed by atoms with E-state index in [1.54, 1.807) is 6.07 Å². The Morgan fingerprint density at radius 3 is 2.66 bits per heavy atom. The maximum Gasteiger partial charge on any atom is 0.259 e. The Bertz CT molecular complexity index is 1130. The smallest absolute Gasteiger partial charge is 0.259 e. The predicted molar refractivity (Wildman–Crippen MR) is 121 cm³/mol. The van der Waals surface area contributed by atoms with Crippen LogP contribution in [0.1, 0.15) is 18.1 Å². The Hall–Kier alpha value is -3.05. The summed E-state index contributed by atoms with van der Waals surface area (Å²) in [6.07, 6.45) is 1.45. The van der Waals surface area contributed by atoms with Gasteiger partial charge in [0.1, 0.15) is 18.2 Å². The first-order chi connectivity index (χ1) is 14.0. The average molecular weight is 498 g/mol. The molecule has 0 bridgehead atoms. The highest BCUT2D eigenvalue weighted by Gasteiger charge is 2.14. The molecule has 0 spiro atoms. The van der Waals surface area contributed by atoms with Crippen LogP contribution in [-0.2, 0) is 11.4 Å². The van der Waals surface area contributed by atoms with E-state index in [-0.39, 0.29) is 5.57 Å². The van der Waals surface area contributed by atoms with E-state index in [2.05, 4.69) is 40.8 Å². The molecule has 29 heavy (non-hydrogen) atoms. The van der Waals surface area contributed by atoms with Crippen LogP contribution in [0.5, 0.6) is 11.5 Å². The molecular weight excluding hydrogens is 479 g/mol. The number of primary amides is 1. The number of nitrogens with zero attached hydrogens (tertiary/aromatic N) is 1. The summed E-state index contributed by atoms with van der Waals surface area (Å²) in [7, 11) is 0. The van der Waals surface area contributed by atoms with Gasteiger partial charge in [-0.05, 0) is 69.6 Å². The van der Waals surface area contributed by atoms with Crippen molar-refractivity contribution in [2.75, 3.05) is 6.61 Å². The van der Waals surface area contributed by atoms with E-state index in [4.69, 9.17) is 20.5 Å². The minimum atomic E-state index is -0.767. The highest BCUT2D eigenvalue weighted by atomic mass is 127. The summed E-state index contributed by atoms with van der Waals surface area (Å²) in [5.41, 5.74) is 6.83. The van der Waals surface area contributed by atoms with Crippen LogP contribution in [0.3, 0.4) is 0 Å². The third-order valence-electron chi connectivity index (χ3n) is 4.28. The highest BCUT2D eigenvalue weighted by Crippen LogP contribution is 2.36. The molecule has 3 aromatic carbocycles. The molecule has 0 aliphatic rings. The normalized spacial score (nSPS) is 11.1. The molecule has 0 heterocycles. The van der Waals surface area contributed by atoms with Crippen LogP contribution >= 0.6 is 22.6 Å². The molecule has 0 atom stereocenters. The fourth-order valence-corrected chi connectivity index (χ4v) is 3.75. The van der Waals surface area contributed by atoms with Crippen LogP contribution in [0.4, 0.5) is 0 Å². The summed E-state index contributed by atoms with van der Waals surface area (Å²) >= 11 is 2.15. The molecule has 146 valence electrons. The number of benzene rings is 3. The molecule has 1 amide bonds. The molecule has 0 saturated heterocycles. The van der Waals surface area contributed by atoms with Crippen molar-refractivity contribution in [1.82, 2.24) is 0 Å². The van der Waals surface area contributed by atoms with Gasteiger partial charge in [-0.25, -0.2) is 0 Å². The van der Waals surface area contributed by atoms with Crippen molar-refractivity contribution in [3.63, 3.8) is 0 Å². The second kappa shape index (κ2) is 9.43. The van der Waals surface area contributed by atoms with Gasteiger partial charge in [-0.3, -0.25) is 4.79 Å². The summed E-state index contributed by atoms with van der Waals surface area (Å²) in [6, 6.07) is 19.7. The number of hydrogen-bond donors (Lipinski definition) is 1. The lowest BCUT2D eigenvalue weighted by Crippen LogP contribution is -2.12. The van der Waals surface area contributed by atoms with Crippen molar-refractivity contribution in [2.45, 2.75) is 13.5 Å². The summed E-state index contributed by atoms with van der Waals surface area (Å²) in [4.78, 5) is 11.3. The van der Waals surface area contributed by atoms with Crippen LogP contribution in [0, 0.1) is 14.9 Å². The number of carbonyl (C=O) groups is 1. The van der Waals surface area contributed by atoms with Crippen molar-refractivity contribution in [3.8, 4) is 17.6 Å². The topological polar surface area (TPSA) is 85.3 Å². The zero-order chi connectivity index (χ0) is 20.8. The number of halogens is 1. The van der Waals surface area contributed by atoms with Gasteiger partial charge >= 0.3 is 0 Å². The predicted octanol–water partition coefficient (Wildman–Crippen LogP) is 4.81. The molecule has 0 aromatic heterocycles. The Morgan fingerprint density at radius 1 is 1.17 bits per heavy atom. The van der Waals surface area contributed by atoms with E-state index in [9.17, 15) is 4.79 Å². The Labute approximate surface area is 182 Å². The van der Waals surface area contributed by atoms with Gasteiger partial charge in [-0.2, -0.15) is 5.26 Å². The molecular formula is C23H19IN2O3. The monoisotopic (exact) mass is 498 g/mol. The summed E-state index contributed by atoms with van der Waals surface area (Å²) in [5, 5.41) is 11.4. The van der Waals surface area contributed by atoms with Gasteiger partial charge in [0.25, 0.3) is 5.91 Å². The number of hydrogen-bond acceptors (Lipinski definition) is 4. The number of ether oxygens (including phenoxy) is 2. The third kappa shape index (κ3) is 4.87. The second-order valence-electron chi connectivity index (χ2n) is 6.22. The molecule has 0 saturated carbocycles. The largest absolute Gasteiger partial charge is 0.490 e. The summed E-state index contributed by atoms with van der Waals surface area (Å²) in [6.45, 7) is 2.72.